The van der Waals surface area contributed by atoms with E-state index in [1.165, 1.54) is 11.3 Å². The van der Waals surface area contributed by atoms with Gasteiger partial charge in [0.2, 0.25) is 0 Å². The maximum atomic E-state index is 12.2. The molecule has 0 aliphatic carbocycles. The molecule has 1 fully saturated rings. The zero-order valence-corrected chi connectivity index (χ0v) is 12.8. The Kier molecular flexibility index (Phi) is 3.48. The summed E-state index contributed by atoms with van der Waals surface area (Å²) in [5.41, 5.74) is 0. The average Bonchev–Trinajstić information content (AvgIpc) is 2.94. The molecule has 1 aliphatic heterocycles. The van der Waals surface area contributed by atoms with Crippen molar-refractivity contribution in [3.63, 3.8) is 0 Å². The normalized spacial score (nSPS) is 21.1. The van der Waals surface area contributed by atoms with Crippen LogP contribution in [-0.2, 0) is 9.84 Å². The lowest BCUT2D eigenvalue weighted by Gasteiger charge is -2.08. The van der Waals surface area contributed by atoms with E-state index in [2.05, 4.69) is 5.32 Å². The van der Waals surface area contributed by atoms with E-state index in [0.29, 0.717) is 16.3 Å². The third-order valence-corrected chi connectivity index (χ3v) is 6.67. The third kappa shape index (κ3) is 2.68. The Morgan fingerprint density at radius 3 is 2.85 bits per heavy atom. The minimum absolute atomic E-state index is 0.0321. The number of fused-ring (bicyclic) bond motifs is 1. The summed E-state index contributed by atoms with van der Waals surface area (Å²) in [6, 6.07) is 7.01. The molecule has 2 heterocycles. The summed E-state index contributed by atoms with van der Waals surface area (Å²) in [4.78, 5) is 12.7. The fourth-order valence-electron chi connectivity index (χ4n) is 2.30. The van der Waals surface area contributed by atoms with Crippen LogP contribution in [0.2, 0.25) is 5.02 Å². The van der Waals surface area contributed by atoms with E-state index in [1.807, 2.05) is 12.1 Å². The SMILES string of the molecule is O=C(NC1CCS(=O)(=O)C1)c1cc2cccc(Cl)c2s1. The van der Waals surface area contributed by atoms with E-state index >= 15 is 0 Å². The highest BCUT2D eigenvalue weighted by atomic mass is 35.5. The number of thiophene rings is 1. The zero-order chi connectivity index (χ0) is 14.3. The second-order valence-electron chi connectivity index (χ2n) is 4.84. The van der Waals surface area contributed by atoms with Crippen molar-refractivity contribution in [3.8, 4) is 0 Å². The van der Waals surface area contributed by atoms with Crippen molar-refractivity contribution in [2.75, 3.05) is 11.5 Å². The summed E-state index contributed by atoms with van der Waals surface area (Å²) in [5, 5.41) is 4.32. The van der Waals surface area contributed by atoms with Crippen LogP contribution in [0.3, 0.4) is 0 Å². The number of sulfone groups is 1. The lowest BCUT2D eigenvalue weighted by atomic mass is 10.2. The summed E-state index contributed by atoms with van der Waals surface area (Å²) in [6.07, 6.45) is 0.486. The first-order valence-corrected chi connectivity index (χ1v) is 9.15. The van der Waals surface area contributed by atoms with Gasteiger partial charge in [0.15, 0.2) is 9.84 Å². The topological polar surface area (TPSA) is 63.2 Å². The Bertz CT molecular complexity index is 782. The van der Waals surface area contributed by atoms with Crippen LogP contribution < -0.4 is 5.32 Å². The molecule has 4 nitrogen and oxygen atoms in total. The van der Waals surface area contributed by atoms with Crippen molar-refractivity contribution < 1.29 is 13.2 Å². The van der Waals surface area contributed by atoms with E-state index in [9.17, 15) is 13.2 Å². The molecule has 1 aromatic heterocycles. The van der Waals surface area contributed by atoms with Gasteiger partial charge in [-0.15, -0.1) is 11.3 Å². The number of carbonyl (C=O) groups excluding carboxylic acids is 1. The van der Waals surface area contributed by atoms with Crippen LogP contribution in [0, 0.1) is 0 Å². The standard InChI is InChI=1S/C13H12ClNO3S2/c14-10-3-1-2-8-6-11(19-12(8)10)13(16)15-9-4-5-20(17,18)7-9/h1-3,6,9H,4-5,7H2,(H,15,16). The monoisotopic (exact) mass is 329 g/mol. The minimum atomic E-state index is -2.99. The van der Waals surface area contributed by atoms with E-state index in [-0.39, 0.29) is 23.5 Å². The quantitative estimate of drug-likeness (QED) is 0.920. The zero-order valence-electron chi connectivity index (χ0n) is 10.4. The average molecular weight is 330 g/mol. The molecule has 0 bridgehead atoms. The molecular formula is C13H12ClNO3S2. The highest BCUT2D eigenvalue weighted by Gasteiger charge is 2.29. The van der Waals surface area contributed by atoms with Crippen molar-refractivity contribution in [1.82, 2.24) is 5.32 Å². The first kappa shape index (κ1) is 13.9. The summed E-state index contributed by atoms with van der Waals surface area (Å²) >= 11 is 7.40. The Morgan fingerprint density at radius 2 is 2.20 bits per heavy atom. The van der Waals surface area contributed by atoms with Crippen molar-refractivity contribution in [1.29, 1.82) is 0 Å². The molecule has 1 saturated heterocycles. The molecule has 0 radical (unpaired) electrons. The fraction of sp³-hybridized carbons (Fsp3) is 0.308. The van der Waals surface area contributed by atoms with Gasteiger partial charge in [-0.05, 0) is 23.9 Å². The highest BCUT2D eigenvalue weighted by molar-refractivity contribution is 7.91. The van der Waals surface area contributed by atoms with E-state index in [4.69, 9.17) is 11.6 Å². The van der Waals surface area contributed by atoms with Crippen LogP contribution in [0.4, 0.5) is 0 Å². The first-order valence-electron chi connectivity index (χ1n) is 6.14. The van der Waals surface area contributed by atoms with Crippen molar-refractivity contribution >= 4 is 48.8 Å². The second-order valence-corrected chi connectivity index (χ2v) is 8.53. The van der Waals surface area contributed by atoms with Gasteiger partial charge in [-0.1, -0.05) is 23.7 Å². The second kappa shape index (κ2) is 5.02. The predicted molar refractivity (Wildman–Crippen MR) is 81.4 cm³/mol. The molecule has 1 atom stereocenters. The summed E-state index contributed by atoms with van der Waals surface area (Å²) in [5.74, 6) is -0.0509. The molecule has 1 amide bonds. The number of rotatable bonds is 2. The molecular weight excluding hydrogens is 318 g/mol. The molecule has 1 aromatic carbocycles. The maximum Gasteiger partial charge on any atom is 0.261 e. The number of amides is 1. The van der Waals surface area contributed by atoms with Crippen molar-refractivity contribution in [2.24, 2.45) is 0 Å². The number of halogens is 1. The Morgan fingerprint density at radius 1 is 1.40 bits per heavy atom. The maximum absolute atomic E-state index is 12.2. The molecule has 3 rings (SSSR count). The van der Waals surface area contributed by atoms with E-state index < -0.39 is 9.84 Å². The van der Waals surface area contributed by atoms with E-state index in [1.54, 1.807) is 12.1 Å². The van der Waals surface area contributed by atoms with Crippen molar-refractivity contribution in [3.05, 3.63) is 34.2 Å². The summed E-state index contributed by atoms with van der Waals surface area (Å²) in [6.45, 7) is 0. The largest absolute Gasteiger partial charge is 0.348 e. The van der Waals surface area contributed by atoms with Gasteiger partial charge in [0.05, 0.1) is 26.1 Å². The number of hydrogen-bond donors (Lipinski definition) is 1. The van der Waals surface area contributed by atoms with Gasteiger partial charge >= 0.3 is 0 Å². The lowest BCUT2D eigenvalue weighted by molar-refractivity contribution is 0.0945. The summed E-state index contributed by atoms with van der Waals surface area (Å²) in [7, 11) is -2.99. The molecule has 7 heteroatoms. The number of carbonyl (C=O) groups is 1. The molecule has 0 spiro atoms. The van der Waals surface area contributed by atoms with Crippen LogP contribution >= 0.6 is 22.9 Å². The summed E-state index contributed by atoms with van der Waals surface area (Å²) < 4.78 is 23.6. The third-order valence-electron chi connectivity index (χ3n) is 3.29. The number of hydrogen-bond acceptors (Lipinski definition) is 4. The molecule has 20 heavy (non-hydrogen) atoms. The Balaban J connectivity index is 1.81. The smallest absolute Gasteiger partial charge is 0.261 e. The van der Waals surface area contributed by atoms with Gasteiger partial charge < -0.3 is 5.32 Å². The van der Waals surface area contributed by atoms with E-state index in [0.717, 1.165) is 10.1 Å². The van der Waals surface area contributed by atoms with Crippen molar-refractivity contribution in [2.45, 2.75) is 12.5 Å². The van der Waals surface area contributed by atoms with Gasteiger partial charge in [-0.3, -0.25) is 4.79 Å². The first-order chi connectivity index (χ1) is 9.44. The fourth-order valence-corrected chi connectivity index (χ4v) is 5.24. The number of benzene rings is 1. The Labute approximate surface area is 125 Å². The molecule has 1 N–H and O–H groups in total. The number of nitrogens with one attached hydrogen (secondary N) is 1. The molecule has 0 saturated carbocycles. The predicted octanol–water partition coefficient (Wildman–Crippen LogP) is 2.47. The van der Waals surface area contributed by atoms with Crippen LogP contribution in [0.25, 0.3) is 10.1 Å². The van der Waals surface area contributed by atoms with Gasteiger partial charge in [0.25, 0.3) is 5.91 Å². The molecule has 1 unspecified atom stereocenters. The highest BCUT2D eigenvalue weighted by Crippen LogP contribution is 2.31. The van der Waals surface area contributed by atoms with Crippen LogP contribution in [0.15, 0.2) is 24.3 Å². The van der Waals surface area contributed by atoms with Crippen LogP contribution in [0.1, 0.15) is 16.1 Å². The van der Waals surface area contributed by atoms with Gasteiger partial charge in [-0.25, -0.2) is 8.42 Å². The van der Waals surface area contributed by atoms with Gasteiger partial charge in [-0.2, -0.15) is 0 Å². The van der Waals surface area contributed by atoms with Gasteiger partial charge in [0, 0.05) is 6.04 Å². The molecule has 106 valence electrons. The molecule has 1 aliphatic rings. The lowest BCUT2D eigenvalue weighted by Crippen LogP contribution is -2.35. The minimum Gasteiger partial charge on any atom is -0.348 e. The van der Waals surface area contributed by atoms with Crippen LogP contribution in [0.5, 0.6) is 0 Å². The molecule has 2 aromatic rings. The van der Waals surface area contributed by atoms with Crippen LogP contribution in [-0.4, -0.2) is 31.9 Å². The van der Waals surface area contributed by atoms with Gasteiger partial charge in [0.1, 0.15) is 0 Å². The Hall–Kier alpha value is -1.11.